The van der Waals surface area contributed by atoms with Gasteiger partial charge in [-0.05, 0) is 23.8 Å². The van der Waals surface area contributed by atoms with Crippen LogP contribution in [0.2, 0.25) is 10.0 Å². The number of amides is 2. The van der Waals surface area contributed by atoms with Crippen molar-refractivity contribution in [1.29, 1.82) is 0 Å². The molecule has 1 saturated heterocycles. The Morgan fingerprint density at radius 1 is 1.15 bits per heavy atom. The predicted molar refractivity (Wildman–Crippen MR) is 101 cm³/mol. The fraction of sp³-hybridized carbons (Fsp3) is 0.263. The number of rotatable bonds is 5. The van der Waals surface area contributed by atoms with Gasteiger partial charge < -0.3 is 15.0 Å². The summed E-state index contributed by atoms with van der Waals surface area (Å²) in [5, 5.41) is 3.54. The molecule has 1 heterocycles. The number of benzene rings is 2. The molecule has 26 heavy (non-hydrogen) atoms. The molecule has 1 aliphatic heterocycles. The van der Waals surface area contributed by atoms with Gasteiger partial charge in [0.2, 0.25) is 5.91 Å². The van der Waals surface area contributed by atoms with Crippen LogP contribution in [0.15, 0.2) is 48.5 Å². The number of anilines is 1. The van der Waals surface area contributed by atoms with Gasteiger partial charge in [0.05, 0.1) is 13.0 Å². The smallest absolute Gasteiger partial charge is 0.252 e. The zero-order valence-corrected chi connectivity index (χ0v) is 15.5. The van der Waals surface area contributed by atoms with Crippen LogP contribution in [0, 0.1) is 0 Å². The topological polar surface area (TPSA) is 58.6 Å². The van der Waals surface area contributed by atoms with Gasteiger partial charge in [0.1, 0.15) is 6.10 Å². The van der Waals surface area contributed by atoms with Crippen LogP contribution < -0.4 is 5.32 Å². The summed E-state index contributed by atoms with van der Waals surface area (Å²) in [6.07, 6.45) is -0.851. The minimum Gasteiger partial charge on any atom is -0.366 e. The molecule has 0 aromatic heterocycles. The third-order valence-electron chi connectivity index (χ3n) is 4.00. The van der Waals surface area contributed by atoms with Crippen molar-refractivity contribution in [3.63, 3.8) is 0 Å². The van der Waals surface area contributed by atoms with Crippen LogP contribution in [-0.2, 0) is 20.9 Å². The minimum atomic E-state index is -0.790. The molecule has 3 rings (SSSR count). The maximum absolute atomic E-state index is 12.6. The molecule has 0 saturated carbocycles. The maximum atomic E-state index is 12.6. The molecule has 1 aliphatic rings. The summed E-state index contributed by atoms with van der Waals surface area (Å²) in [5.41, 5.74) is 1.52. The Balaban J connectivity index is 1.59. The van der Waals surface area contributed by atoms with Gasteiger partial charge in [0, 0.05) is 28.8 Å². The number of hydrogen-bond donors (Lipinski definition) is 1. The van der Waals surface area contributed by atoms with Gasteiger partial charge in [0.15, 0.2) is 0 Å². The second-order valence-electron chi connectivity index (χ2n) is 6.02. The number of ether oxygens (including phenoxy) is 1. The number of morpholine rings is 1. The molecule has 1 atom stereocenters. The first-order valence-corrected chi connectivity index (χ1v) is 8.97. The highest BCUT2D eigenvalue weighted by atomic mass is 35.5. The van der Waals surface area contributed by atoms with Gasteiger partial charge in [-0.25, -0.2) is 0 Å². The normalized spacial score (nSPS) is 17.2. The summed E-state index contributed by atoms with van der Waals surface area (Å²) in [5.74, 6) is -0.511. The molecular formula is C19H18Cl2N2O3. The predicted octanol–water partition coefficient (Wildman–Crippen LogP) is 3.75. The summed E-state index contributed by atoms with van der Waals surface area (Å²) in [4.78, 5) is 26.6. The van der Waals surface area contributed by atoms with E-state index in [-0.39, 0.29) is 18.2 Å². The van der Waals surface area contributed by atoms with E-state index in [0.29, 0.717) is 35.4 Å². The Kier molecular flexibility index (Phi) is 6.14. The molecule has 1 fully saturated rings. The fourth-order valence-electron chi connectivity index (χ4n) is 2.80. The van der Waals surface area contributed by atoms with Gasteiger partial charge in [-0.3, -0.25) is 9.59 Å². The van der Waals surface area contributed by atoms with Crippen molar-refractivity contribution in [1.82, 2.24) is 4.90 Å². The van der Waals surface area contributed by atoms with Crippen molar-refractivity contribution < 1.29 is 14.3 Å². The highest BCUT2D eigenvalue weighted by Gasteiger charge is 2.31. The molecule has 1 N–H and O–H groups in total. The quantitative estimate of drug-likeness (QED) is 0.842. The summed E-state index contributed by atoms with van der Waals surface area (Å²) in [7, 11) is 0. The van der Waals surface area contributed by atoms with Crippen LogP contribution in [0.25, 0.3) is 0 Å². The van der Waals surface area contributed by atoms with Gasteiger partial charge in [-0.2, -0.15) is 0 Å². The third kappa shape index (κ3) is 4.97. The molecule has 0 aliphatic carbocycles. The molecule has 136 valence electrons. The number of halogens is 2. The Labute approximate surface area is 161 Å². The van der Waals surface area contributed by atoms with Crippen molar-refractivity contribution in [3.05, 3.63) is 64.1 Å². The second kappa shape index (κ2) is 8.54. The van der Waals surface area contributed by atoms with E-state index in [9.17, 15) is 9.59 Å². The lowest BCUT2D eigenvalue weighted by molar-refractivity contribution is -0.155. The van der Waals surface area contributed by atoms with Crippen molar-refractivity contribution in [2.75, 3.05) is 18.5 Å². The average molecular weight is 393 g/mol. The van der Waals surface area contributed by atoms with Crippen molar-refractivity contribution in [3.8, 4) is 0 Å². The molecule has 0 unspecified atom stereocenters. The zero-order chi connectivity index (χ0) is 18.5. The third-order valence-corrected chi connectivity index (χ3v) is 4.44. The highest BCUT2D eigenvalue weighted by molar-refractivity contribution is 6.35. The number of hydrogen-bond acceptors (Lipinski definition) is 3. The Hall–Kier alpha value is -2.08. The standard InChI is InChI=1S/C19H18Cl2N2O3/c20-14-8-15(21)10-16(9-14)22-18(24)11-17-19(25)23(6-7-26-17)12-13-4-2-1-3-5-13/h1-5,8-10,17H,6-7,11-12H2,(H,22,24)/t17-/m0/s1. The molecule has 2 amide bonds. The minimum absolute atomic E-state index is 0.0613. The Morgan fingerprint density at radius 2 is 1.85 bits per heavy atom. The van der Waals surface area contributed by atoms with Gasteiger partial charge >= 0.3 is 0 Å². The maximum Gasteiger partial charge on any atom is 0.252 e. The van der Waals surface area contributed by atoms with E-state index in [1.165, 1.54) is 0 Å². The fourth-order valence-corrected chi connectivity index (χ4v) is 3.33. The van der Waals surface area contributed by atoms with Gasteiger partial charge in [-0.1, -0.05) is 53.5 Å². The van der Waals surface area contributed by atoms with Crippen LogP contribution in [0.1, 0.15) is 12.0 Å². The first-order valence-electron chi connectivity index (χ1n) is 8.21. The van der Waals surface area contributed by atoms with Crippen molar-refractivity contribution in [2.24, 2.45) is 0 Å². The van der Waals surface area contributed by atoms with E-state index in [2.05, 4.69) is 5.32 Å². The highest BCUT2D eigenvalue weighted by Crippen LogP contribution is 2.23. The molecule has 0 spiro atoms. The number of carbonyl (C=O) groups excluding carboxylic acids is 2. The summed E-state index contributed by atoms with van der Waals surface area (Å²) in [6, 6.07) is 14.5. The average Bonchev–Trinajstić information content (AvgIpc) is 2.58. The number of carbonyl (C=O) groups is 2. The number of nitrogens with one attached hydrogen (secondary N) is 1. The Bertz CT molecular complexity index is 778. The van der Waals surface area contributed by atoms with E-state index in [1.54, 1.807) is 23.1 Å². The first-order chi connectivity index (χ1) is 12.5. The summed E-state index contributed by atoms with van der Waals surface area (Å²) in [6.45, 7) is 1.42. The molecule has 0 bridgehead atoms. The van der Waals surface area contributed by atoms with E-state index in [0.717, 1.165) is 5.56 Å². The van der Waals surface area contributed by atoms with Gasteiger partial charge in [0.25, 0.3) is 5.91 Å². The van der Waals surface area contributed by atoms with Crippen LogP contribution in [-0.4, -0.2) is 36.0 Å². The lowest BCUT2D eigenvalue weighted by atomic mass is 10.1. The molecule has 5 nitrogen and oxygen atoms in total. The van der Waals surface area contributed by atoms with Crippen LogP contribution in [0.3, 0.4) is 0 Å². The molecule has 0 radical (unpaired) electrons. The first kappa shape index (κ1) is 18.7. The monoisotopic (exact) mass is 392 g/mol. The van der Waals surface area contributed by atoms with E-state index < -0.39 is 6.10 Å². The van der Waals surface area contributed by atoms with E-state index >= 15 is 0 Å². The van der Waals surface area contributed by atoms with E-state index in [4.69, 9.17) is 27.9 Å². The molecule has 2 aromatic rings. The lowest BCUT2D eigenvalue weighted by Gasteiger charge is -2.32. The van der Waals surface area contributed by atoms with E-state index in [1.807, 2.05) is 30.3 Å². The zero-order valence-electron chi connectivity index (χ0n) is 14.0. The molecule has 7 heteroatoms. The van der Waals surface area contributed by atoms with Crippen LogP contribution in [0.5, 0.6) is 0 Å². The second-order valence-corrected chi connectivity index (χ2v) is 6.89. The van der Waals surface area contributed by atoms with Crippen LogP contribution in [0.4, 0.5) is 5.69 Å². The summed E-state index contributed by atoms with van der Waals surface area (Å²) >= 11 is 11.8. The van der Waals surface area contributed by atoms with Gasteiger partial charge in [-0.15, -0.1) is 0 Å². The largest absolute Gasteiger partial charge is 0.366 e. The molecular weight excluding hydrogens is 375 g/mol. The summed E-state index contributed by atoms with van der Waals surface area (Å²) < 4.78 is 5.51. The number of nitrogens with zero attached hydrogens (tertiary/aromatic N) is 1. The lowest BCUT2D eigenvalue weighted by Crippen LogP contribution is -2.48. The van der Waals surface area contributed by atoms with Crippen molar-refractivity contribution >= 4 is 40.7 Å². The molecule has 2 aromatic carbocycles. The van der Waals surface area contributed by atoms with Crippen molar-refractivity contribution in [2.45, 2.75) is 19.1 Å². The Morgan fingerprint density at radius 3 is 2.54 bits per heavy atom. The SMILES string of the molecule is O=C(C[C@@H]1OCCN(Cc2ccccc2)C1=O)Nc1cc(Cl)cc(Cl)c1. The van der Waals surface area contributed by atoms with Crippen LogP contribution >= 0.6 is 23.2 Å².